The smallest absolute Gasteiger partial charge is 0.311 e. The largest absolute Gasteiger partial charge is 0.454 e. The van der Waals surface area contributed by atoms with Gasteiger partial charge in [-0.25, -0.2) is 4.98 Å². The van der Waals surface area contributed by atoms with Gasteiger partial charge in [-0.05, 0) is 39.2 Å². The van der Waals surface area contributed by atoms with Crippen molar-refractivity contribution in [1.29, 1.82) is 0 Å². The maximum Gasteiger partial charge on any atom is 0.311 e. The number of likely N-dealkylation sites (tertiary alicyclic amines) is 1. The van der Waals surface area contributed by atoms with Gasteiger partial charge in [0, 0.05) is 23.9 Å². The Hall–Kier alpha value is -2.22. The molecule has 1 saturated carbocycles. The molecule has 3 heterocycles. The summed E-state index contributed by atoms with van der Waals surface area (Å²) in [5.74, 6) is -0.470. The monoisotopic (exact) mass is 403 g/mol. The van der Waals surface area contributed by atoms with Gasteiger partial charge in [-0.1, -0.05) is 12.8 Å². The summed E-state index contributed by atoms with van der Waals surface area (Å²) >= 11 is 1.46. The zero-order valence-electron chi connectivity index (χ0n) is 16.4. The Balaban J connectivity index is 1.47. The first-order chi connectivity index (χ1) is 13.3. The highest BCUT2D eigenvalue weighted by Crippen LogP contribution is 2.31. The predicted molar refractivity (Wildman–Crippen MR) is 106 cm³/mol. The highest BCUT2D eigenvalue weighted by molar-refractivity contribution is 7.18. The Morgan fingerprint density at radius 1 is 1.29 bits per heavy atom. The van der Waals surface area contributed by atoms with E-state index < -0.39 is 18.0 Å². The quantitative estimate of drug-likeness (QED) is 0.792. The number of ether oxygens (including phenoxy) is 1. The zero-order chi connectivity index (χ0) is 20.0. The number of nitrogens with one attached hydrogen (secondary N) is 1. The van der Waals surface area contributed by atoms with Gasteiger partial charge in [0.15, 0.2) is 11.9 Å². The lowest BCUT2D eigenvalue weighted by molar-refractivity contribution is -0.153. The standard InChI is InChI=1S/C20H25N3O4S/c1-10-12(3)28-19-16(10)18(25)21-17(22-19)11(2)27-20(26)13-8-15(24)23(9-13)14-6-4-5-7-14/h11,13-14H,4-9H2,1-3H3,(H,21,22,25)/t11-,13-/m0/s1. The molecular weight excluding hydrogens is 378 g/mol. The molecule has 2 atom stereocenters. The Kier molecular flexibility index (Phi) is 4.99. The van der Waals surface area contributed by atoms with E-state index in [9.17, 15) is 14.4 Å². The lowest BCUT2D eigenvalue weighted by Crippen LogP contribution is -2.35. The fourth-order valence-electron chi connectivity index (χ4n) is 4.25. The molecule has 0 radical (unpaired) electrons. The van der Waals surface area contributed by atoms with Crippen LogP contribution in [0.25, 0.3) is 10.2 Å². The topological polar surface area (TPSA) is 92.4 Å². The van der Waals surface area contributed by atoms with Gasteiger partial charge < -0.3 is 14.6 Å². The summed E-state index contributed by atoms with van der Waals surface area (Å²) in [5, 5.41) is 0.596. The Morgan fingerprint density at radius 2 is 2.00 bits per heavy atom. The van der Waals surface area contributed by atoms with E-state index in [-0.39, 0.29) is 23.9 Å². The van der Waals surface area contributed by atoms with Crippen LogP contribution in [0.5, 0.6) is 0 Å². The molecule has 0 aromatic carbocycles. The van der Waals surface area contributed by atoms with Crippen LogP contribution in [0.2, 0.25) is 0 Å². The molecule has 2 aliphatic rings. The number of H-pyrrole nitrogens is 1. The van der Waals surface area contributed by atoms with Gasteiger partial charge >= 0.3 is 5.97 Å². The molecule has 4 rings (SSSR count). The van der Waals surface area contributed by atoms with Crippen molar-refractivity contribution >= 4 is 33.4 Å². The molecule has 1 saturated heterocycles. The second kappa shape index (κ2) is 7.31. The van der Waals surface area contributed by atoms with Crippen molar-refractivity contribution in [3.05, 3.63) is 26.6 Å². The SMILES string of the molecule is Cc1sc2nc([C@H](C)OC(=O)[C@H]3CC(=O)N(C4CCCC4)C3)[nH]c(=O)c2c1C. The number of rotatable bonds is 4. The third-order valence-electron chi connectivity index (χ3n) is 5.99. The number of hydrogen-bond donors (Lipinski definition) is 1. The van der Waals surface area contributed by atoms with Crippen LogP contribution >= 0.6 is 11.3 Å². The Morgan fingerprint density at radius 3 is 2.71 bits per heavy atom. The minimum Gasteiger partial charge on any atom is -0.454 e. The summed E-state index contributed by atoms with van der Waals surface area (Å²) in [6, 6.07) is 0.272. The number of aromatic amines is 1. The van der Waals surface area contributed by atoms with E-state index in [1.807, 2.05) is 18.7 Å². The van der Waals surface area contributed by atoms with Gasteiger partial charge in [0.2, 0.25) is 5.91 Å². The first-order valence-corrected chi connectivity index (χ1v) is 10.7. The van der Waals surface area contributed by atoms with E-state index in [1.165, 1.54) is 11.3 Å². The fraction of sp³-hybridized carbons (Fsp3) is 0.600. The van der Waals surface area contributed by atoms with Crippen molar-refractivity contribution < 1.29 is 14.3 Å². The number of fused-ring (bicyclic) bond motifs is 1. The van der Waals surface area contributed by atoms with Crippen molar-refractivity contribution in [2.45, 2.75) is 65.0 Å². The predicted octanol–water partition coefficient (Wildman–Crippen LogP) is 3.00. The van der Waals surface area contributed by atoms with E-state index in [4.69, 9.17) is 4.74 Å². The van der Waals surface area contributed by atoms with Gasteiger partial charge in [0.25, 0.3) is 5.56 Å². The highest BCUT2D eigenvalue weighted by Gasteiger charge is 2.40. The number of carbonyl (C=O) groups is 2. The fourth-order valence-corrected chi connectivity index (χ4v) is 5.29. The third kappa shape index (κ3) is 3.34. The highest BCUT2D eigenvalue weighted by atomic mass is 32.1. The van der Waals surface area contributed by atoms with E-state index in [2.05, 4.69) is 9.97 Å². The minimum atomic E-state index is -0.678. The van der Waals surface area contributed by atoms with Crippen LogP contribution in [0.4, 0.5) is 0 Å². The molecule has 2 fully saturated rings. The van der Waals surface area contributed by atoms with Crippen LogP contribution in [-0.2, 0) is 14.3 Å². The van der Waals surface area contributed by atoms with Crippen molar-refractivity contribution in [1.82, 2.24) is 14.9 Å². The van der Waals surface area contributed by atoms with Crippen LogP contribution in [0.15, 0.2) is 4.79 Å². The molecule has 0 bridgehead atoms. The number of nitrogens with zero attached hydrogens (tertiary/aromatic N) is 2. The van der Waals surface area contributed by atoms with Gasteiger partial charge in [0.1, 0.15) is 4.83 Å². The summed E-state index contributed by atoms with van der Waals surface area (Å²) in [4.78, 5) is 48.2. The number of hydrogen-bond acceptors (Lipinski definition) is 6. The molecule has 0 spiro atoms. The normalized spacial score (nSPS) is 21.6. The molecule has 1 aliphatic carbocycles. The summed E-state index contributed by atoms with van der Waals surface area (Å²) < 4.78 is 5.57. The number of esters is 1. The zero-order valence-corrected chi connectivity index (χ0v) is 17.2. The second-order valence-corrected chi connectivity index (χ2v) is 9.08. The van der Waals surface area contributed by atoms with Crippen molar-refractivity contribution in [3.63, 3.8) is 0 Å². The third-order valence-corrected chi connectivity index (χ3v) is 7.09. The van der Waals surface area contributed by atoms with Crippen molar-refractivity contribution in [2.75, 3.05) is 6.54 Å². The molecule has 2 aromatic rings. The van der Waals surface area contributed by atoms with Crippen LogP contribution in [0, 0.1) is 19.8 Å². The second-order valence-electron chi connectivity index (χ2n) is 7.88. The van der Waals surface area contributed by atoms with E-state index >= 15 is 0 Å². The average Bonchev–Trinajstić information content (AvgIpc) is 3.35. The van der Waals surface area contributed by atoms with Crippen LogP contribution in [0.1, 0.15) is 61.4 Å². The molecule has 2 aromatic heterocycles. The van der Waals surface area contributed by atoms with E-state index in [0.29, 0.717) is 22.6 Å². The van der Waals surface area contributed by atoms with Crippen molar-refractivity contribution in [2.24, 2.45) is 5.92 Å². The first kappa shape index (κ1) is 19.1. The molecule has 8 heteroatoms. The maximum absolute atomic E-state index is 12.6. The molecule has 1 N–H and O–H groups in total. The van der Waals surface area contributed by atoms with Crippen LogP contribution in [-0.4, -0.2) is 39.3 Å². The lowest BCUT2D eigenvalue weighted by atomic mass is 10.1. The Labute approximate surface area is 167 Å². The van der Waals surface area contributed by atoms with Gasteiger partial charge in [-0.15, -0.1) is 11.3 Å². The first-order valence-electron chi connectivity index (χ1n) is 9.85. The molecular formula is C20H25N3O4S. The summed E-state index contributed by atoms with van der Waals surface area (Å²) in [6.45, 7) is 5.99. The molecule has 150 valence electrons. The molecule has 1 aliphatic heterocycles. The van der Waals surface area contributed by atoms with E-state index in [0.717, 1.165) is 36.1 Å². The number of aromatic nitrogens is 2. The molecule has 7 nitrogen and oxygen atoms in total. The number of amides is 1. The number of carbonyl (C=O) groups excluding carboxylic acids is 2. The summed E-state index contributed by atoms with van der Waals surface area (Å²) in [5.41, 5.74) is 0.717. The van der Waals surface area contributed by atoms with Crippen molar-refractivity contribution in [3.8, 4) is 0 Å². The minimum absolute atomic E-state index is 0.0407. The maximum atomic E-state index is 12.6. The number of thiophene rings is 1. The van der Waals surface area contributed by atoms with Crippen LogP contribution < -0.4 is 5.56 Å². The Bertz CT molecular complexity index is 989. The molecule has 1 amide bonds. The average molecular weight is 404 g/mol. The molecule has 28 heavy (non-hydrogen) atoms. The van der Waals surface area contributed by atoms with Gasteiger partial charge in [0.05, 0.1) is 11.3 Å². The van der Waals surface area contributed by atoms with Gasteiger partial charge in [-0.2, -0.15) is 0 Å². The summed E-state index contributed by atoms with van der Waals surface area (Å²) in [6.07, 6.45) is 3.86. The van der Waals surface area contributed by atoms with Gasteiger partial charge in [-0.3, -0.25) is 14.4 Å². The van der Waals surface area contributed by atoms with E-state index in [1.54, 1.807) is 6.92 Å². The lowest BCUT2D eigenvalue weighted by Gasteiger charge is -2.24. The van der Waals surface area contributed by atoms with Crippen LogP contribution in [0.3, 0.4) is 0 Å². The number of aryl methyl sites for hydroxylation is 2. The molecule has 0 unspecified atom stereocenters. The summed E-state index contributed by atoms with van der Waals surface area (Å²) in [7, 11) is 0.